The van der Waals surface area contributed by atoms with Gasteiger partial charge in [0.25, 0.3) is 5.91 Å². The third-order valence-corrected chi connectivity index (χ3v) is 11.1. The van der Waals surface area contributed by atoms with Crippen LogP contribution in [0.4, 0.5) is 0 Å². The summed E-state index contributed by atoms with van der Waals surface area (Å²) >= 11 is 0. The number of furan rings is 1. The van der Waals surface area contributed by atoms with E-state index >= 15 is 0 Å². The third kappa shape index (κ3) is 6.48. The van der Waals surface area contributed by atoms with Gasteiger partial charge in [0.2, 0.25) is 0 Å². The number of aliphatic hydroxyl groups excluding tert-OH is 1. The lowest BCUT2D eigenvalue weighted by molar-refractivity contribution is 0.0622. The molecule has 0 spiro atoms. The van der Waals surface area contributed by atoms with Gasteiger partial charge in [0.15, 0.2) is 0 Å². The lowest BCUT2D eigenvalue weighted by atomic mass is 9.94. The van der Waals surface area contributed by atoms with Gasteiger partial charge in [-0.2, -0.15) is 0 Å². The molecule has 1 fully saturated rings. The van der Waals surface area contributed by atoms with E-state index in [0.29, 0.717) is 37.4 Å². The Morgan fingerprint density at radius 2 is 1.65 bits per heavy atom. The lowest BCUT2D eigenvalue weighted by Gasteiger charge is -2.34. The number of carbonyl (C=O) groups is 1. The summed E-state index contributed by atoms with van der Waals surface area (Å²) in [5, 5.41) is 11.2. The highest BCUT2D eigenvalue weighted by Gasteiger charge is 2.41. The molecule has 0 unspecified atom stereocenters. The number of rotatable bonds is 8. The van der Waals surface area contributed by atoms with E-state index in [2.05, 4.69) is 35.2 Å². The van der Waals surface area contributed by atoms with Crippen LogP contribution in [0.15, 0.2) is 95.4 Å². The molecule has 8 nitrogen and oxygen atoms in total. The van der Waals surface area contributed by atoms with Crippen molar-refractivity contribution in [3.05, 3.63) is 113 Å². The fraction of sp³-hybridized carbons (Fsp3) is 0.333. The SMILES string of the molecule is CC(C)(C)[S@](=O)N1Cc2cc(C(=O)N3CCN(Cc4ccccc4)CC3)nc(-c3cccc(-c4cc5ccccc5o4)c3)c2[C@@H]1CCO. The molecule has 3 aromatic carbocycles. The third-order valence-electron chi connectivity index (χ3n) is 9.26. The molecule has 1 amide bonds. The minimum atomic E-state index is -1.34. The molecule has 5 aromatic rings. The summed E-state index contributed by atoms with van der Waals surface area (Å²) < 4.78 is 21.5. The Morgan fingerprint density at radius 3 is 2.38 bits per heavy atom. The quantitative estimate of drug-likeness (QED) is 0.196. The van der Waals surface area contributed by atoms with Gasteiger partial charge < -0.3 is 14.4 Å². The van der Waals surface area contributed by atoms with Crippen molar-refractivity contribution in [3.63, 3.8) is 0 Å². The van der Waals surface area contributed by atoms with E-state index in [-0.39, 0.29) is 18.6 Å². The zero-order valence-corrected chi connectivity index (χ0v) is 28.6. The molecule has 9 heteroatoms. The number of benzene rings is 3. The fourth-order valence-corrected chi connectivity index (χ4v) is 8.26. The molecule has 2 aromatic heterocycles. The minimum Gasteiger partial charge on any atom is -0.456 e. The van der Waals surface area contributed by atoms with Crippen molar-refractivity contribution in [2.75, 3.05) is 32.8 Å². The number of pyridine rings is 1. The zero-order valence-electron chi connectivity index (χ0n) is 27.8. The van der Waals surface area contributed by atoms with E-state index in [1.807, 2.05) is 90.6 Å². The Kier molecular flexibility index (Phi) is 9.04. The summed E-state index contributed by atoms with van der Waals surface area (Å²) in [5.41, 5.74) is 6.75. The van der Waals surface area contributed by atoms with Crippen molar-refractivity contribution in [2.45, 2.75) is 51.1 Å². The highest BCUT2D eigenvalue weighted by atomic mass is 32.2. The molecule has 0 radical (unpaired) electrons. The fourth-order valence-electron chi connectivity index (χ4n) is 6.86. The van der Waals surface area contributed by atoms with Gasteiger partial charge in [0.05, 0.1) is 16.5 Å². The average molecular weight is 663 g/mol. The van der Waals surface area contributed by atoms with E-state index in [1.165, 1.54) is 5.56 Å². The number of para-hydroxylation sites is 1. The van der Waals surface area contributed by atoms with Crippen LogP contribution in [-0.2, 0) is 24.1 Å². The summed E-state index contributed by atoms with van der Waals surface area (Å²) in [5.74, 6) is 0.652. The van der Waals surface area contributed by atoms with Gasteiger partial charge in [-0.15, -0.1) is 0 Å². The van der Waals surface area contributed by atoms with Crippen LogP contribution < -0.4 is 0 Å². The zero-order chi connectivity index (χ0) is 33.4. The molecule has 0 bridgehead atoms. The number of hydrogen-bond acceptors (Lipinski definition) is 6. The van der Waals surface area contributed by atoms with Crippen LogP contribution in [0.3, 0.4) is 0 Å². The van der Waals surface area contributed by atoms with Crippen molar-refractivity contribution >= 4 is 27.9 Å². The van der Waals surface area contributed by atoms with Crippen molar-refractivity contribution in [1.29, 1.82) is 0 Å². The molecule has 2 aliphatic heterocycles. The second-order valence-corrected chi connectivity index (χ2v) is 15.9. The molecule has 0 aliphatic carbocycles. The van der Waals surface area contributed by atoms with E-state index in [9.17, 15) is 14.1 Å². The Bertz CT molecular complexity index is 1930. The number of amides is 1. The second kappa shape index (κ2) is 13.4. The molecular weight excluding hydrogens is 621 g/mol. The standard InChI is InChI=1S/C39H42N4O4S/c1-39(2,3)48(46)43-26-31-23-32(38(45)42-19-17-41(18-20-42)25-27-10-5-4-6-11-27)40-37(36(31)33(43)16-21-44)30-14-9-13-28(22-30)35-24-29-12-7-8-15-34(29)47-35/h4-15,22-24,33,44H,16-21,25-26H2,1-3H3/t33-,48-/m0/s1. The molecular formula is C39H42N4O4S. The largest absolute Gasteiger partial charge is 0.456 e. The van der Waals surface area contributed by atoms with Crippen molar-refractivity contribution in [1.82, 2.24) is 19.1 Å². The van der Waals surface area contributed by atoms with Crippen LogP contribution in [0.25, 0.3) is 33.6 Å². The number of fused-ring (bicyclic) bond motifs is 2. The van der Waals surface area contributed by atoms with Gasteiger partial charge in [-0.25, -0.2) is 13.5 Å². The van der Waals surface area contributed by atoms with Crippen LogP contribution >= 0.6 is 0 Å². The first-order valence-corrected chi connectivity index (χ1v) is 17.8. The predicted octanol–water partition coefficient (Wildman–Crippen LogP) is 6.82. The van der Waals surface area contributed by atoms with Gasteiger partial charge in [0.1, 0.15) is 28.0 Å². The molecule has 2 aliphatic rings. The number of piperazine rings is 1. The average Bonchev–Trinajstić information content (AvgIpc) is 3.70. The van der Waals surface area contributed by atoms with Gasteiger partial charge in [-0.3, -0.25) is 9.69 Å². The predicted molar refractivity (Wildman–Crippen MR) is 190 cm³/mol. The van der Waals surface area contributed by atoms with E-state index in [4.69, 9.17) is 9.40 Å². The van der Waals surface area contributed by atoms with Crippen LogP contribution in [0, 0.1) is 0 Å². The van der Waals surface area contributed by atoms with Gasteiger partial charge >= 0.3 is 0 Å². The molecule has 48 heavy (non-hydrogen) atoms. The van der Waals surface area contributed by atoms with Crippen molar-refractivity contribution in [3.8, 4) is 22.6 Å². The van der Waals surface area contributed by atoms with Gasteiger partial charge in [-0.1, -0.05) is 66.7 Å². The number of carbonyl (C=O) groups excluding carboxylic acids is 1. The highest BCUT2D eigenvalue weighted by molar-refractivity contribution is 7.84. The summed E-state index contributed by atoms with van der Waals surface area (Å²) in [7, 11) is -1.34. The minimum absolute atomic E-state index is 0.0612. The Morgan fingerprint density at radius 1 is 0.917 bits per heavy atom. The van der Waals surface area contributed by atoms with E-state index < -0.39 is 15.7 Å². The number of nitrogens with zero attached hydrogens (tertiary/aromatic N) is 4. The van der Waals surface area contributed by atoms with Gasteiger partial charge in [-0.05, 0) is 62.6 Å². The molecule has 0 saturated carbocycles. The first-order valence-electron chi connectivity index (χ1n) is 16.7. The molecule has 248 valence electrons. The van der Waals surface area contributed by atoms with Crippen LogP contribution in [0.2, 0.25) is 0 Å². The summed E-state index contributed by atoms with van der Waals surface area (Å²) in [6.45, 7) is 9.91. The molecule has 4 heterocycles. The Hall–Kier alpha value is -4.15. The molecule has 7 rings (SSSR count). The first-order chi connectivity index (χ1) is 23.2. The van der Waals surface area contributed by atoms with Crippen molar-refractivity contribution in [2.24, 2.45) is 0 Å². The van der Waals surface area contributed by atoms with Crippen molar-refractivity contribution < 1.29 is 18.5 Å². The summed E-state index contributed by atoms with van der Waals surface area (Å²) in [6, 6.07) is 30.0. The topological polar surface area (TPSA) is 90.1 Å². The monoisotopic (exact) mass is 662 g/mol. The Labute approximate surface area is 284 Å². The maximum atomic E-state index is 14.1. The van der Waals surface area contributed by atoms with Crippen LogP contribution in [0.5, 0.6) is 0 Å². The Balaban J connectivity index is 1.25. The van der Waals surface area contributed by atoms with Crippen LogP contribution in [-0.4, -0.2) is 71.8 Å². The molecule has 1 saturated heterocycles. The van der Waals surface area contributed by atoms with Gasteiger partial charge in [0, 0.05) is 68.0 Å². The van der Waals surface area contributed by atoms with E-state index in [1.54, 1.807) is 0 Å². The number of aromatic nitrogens is 1. The second-order valence-electron chi connectivity index (χ2n) is 13.7. The van der Waals surface area contributed by atoms with Crippen LogP contribution in [0.1, 0.15) is 60.4 Å². The van der Waals surface area contributed by atoms with E-state index in [0.717, 1.165) is 58.6 Å². The molecule has 2 atom stereocenters. The normalized spacial score (nSPS) is 17.9. The number of aliphatic hydroxyl groups is 1. The lowest BCUT2D eigenvalue weighted by Crippen LogP contribution is -2.48. The first kappa shape index (κ1) is 32.4. The summed E-state index contributed by atoms with van der Waals surface area (Å²) in [6.07, 6.45) is 0.406. The maximum Gasteiger partial charge on any atom is 0.272 e. The molecule has 1 N–H and O–H groups in total. The number of hydrogen-bond donors (Lipinski definition) is 1. The maximum absolute atomic E-state index is 14.1. The highest BCUT2D eigenvalue weighted by Crippen LogP contribution is 2.44. The smallest absolute Gasteiger partial charge is 0.272 e. The summed E-state index contributed by atoms with van der Waals surface area (Å²) in [4.78, 5) is 23.5.